The van der Waals surface area contributed by atoms with Crippen LogP contribution >= 0.6 is 15.9 Å². The first-order valence-corrected chi connectivity index (χ1v) is 8.15. The van der Waals surface area contributed by atoms with Gasteiger partial charge in [-0.3, -0.25) is 9.59 Å². The van der Waals surface area contributed by atoms with E-state index in [2.05, 4.69) is 26.6 Å². The Bertz CT molecular complexity index is 742. The van der Waals surface area contributed by atoms with Gasteiger partial charge < -0.3 is 15.4 Å². The summed E-state index contributed by atoms with van der Waals surface area (Å²) >= 11 is 3.34. The smallest absolute Gasteiger partial charge is 0.239 e. The molecule has 2 aromatic carbocycles. The number of methoxy groups -OCH3 is 1. The molecule has 0 fully saturated rings. The first-order chi connectivity index (χ1) is 11.3. The zero-order chi connectivity index (χ0) is 17.7. The molecular weight excluding hydrogens is 372 g/mol. The lowest BCUT2D eigenvalue weighted by atomic mass is 9.90. The molecule has 0 aliphatic heterocycles. The highest BCUT2D eigenvalue weighted by atomic mass is 79.9. The van der Waals surface area contributed by atoms with Crippen molar-refractivity contribution in [3.63, 3.8) is 0 Å². The normalized spacial score (nSPS) is 10.8. The third kappa shape index (κ3) is 4.14. The van der Waals surface area contributed by atoms with Gasteiger partial charge in [-0.15, -0.1) is 0 Å². The predicted octanol–water partition coefficient (Wildman–Crippen LogP) is 4.06. The van der Waals surface area contributed by atoms with Gasteiger partial charge in [-0.05, 0) is 50.2 Å². The highest BCUT2D eigenvalue weighted by Crippen LogP contribution is 2.27. The second kappa shape index (κ2) is 7.49. The van der Waals surface area contributed by atoms with Crippen LogP contribution in [0.25, 0.3) is 0 Å². The zero-order valence-electron chi connectivity index (χ0n) is 13.7. The molecule has 0 aromatic heterocycles. The predicted molar refractivity (Wildman–Crippen MR) is 98.2 cm³/mol. The number of para-hydroxylation sites is 2. The minimum atomic E-state index is -1.26. The number of carbonyl (C=O) groups is 2. The molecule has 0 atom stereocenters. The Balaban J connectivity index is 2.11. The summed E-state index contributed by atoms with van der Waals surface area (Å²) in [6.45, 7) is 3.15. The summed E-state index contributed by atoms with van der Waals surface area (Å²) < 4.78 is 6.12. The molecule has 6 heteroatoms. The highest BCUT2D eigenvalue weighted by molar-refractivity contribution is 9.10. The van der Waals surface area contributed by atoms with Gasteiger partial charge in [0, 0.05) is 10.2 Å². The third-order valence-corrected chi connectivity index (χ3v) is 4.12. The average molecular weight is 391 g/mol. The van der Waals surface area contributed by atoms with Gasteiger partial charge in [0.05, 0.1) is 12.8 Å². The van der Waals surface area contributed by atoms with E-state index in [4.69, 9.17) is 4.74 Å². The summed E-state index contributed by atoms with van der Waals surface area (Å²) in [4.78, 5) is 25.0. The SMILES string of the molecule is COc1ccccc1NC(=O)C(C)(C)C(=O)Nc1ccc(Br)cc1. The molecular formula is C18H19BrN2O3. The van der Waals surface area contributed by atoms with Crippen molar-refractivity contribution < 1.29 is 14.3 Å². The Morgan fingerprint density at radius 2 is 1.54 bits per heavy atom. The van der Waals surface area contributed by atoms with Crippen molar-refractivity contribution in [3.05, 3.63) is 53.0 Å². The van der Waals surface area contributed by atoms with Crippen LogP contribution in [0.5, 0.6) is 5.75 Å². The number of benzene rings is 2. The van der Waals surface area contributed by atoms with Crippen molar-refractivity contribution in [1.82, 2.24) is 0 Å². The van der Waals surface area contributed by atoms with Crippen LogP contribution in [0.4, 0.5) is 11.4 Å². The molecule has 0 unspecified atom stereocenters. The van der Waals surface area contributed by atoms with Gasteiger partial charge in [-0.25, -0.2) is 0 Å². The maximum Gasteiger partial charge on any atom is 0.239 e. The highest BCUT2D eigenvalue weighted by Gasteiger charge is 2.36. The number of amides is 2. The molecule has 2 rings (SSSR count). The van der Waals surface area contributed by atoms with E-state index in [1.54, 1.807) is 50.2 Å². The fourth-order valence-electron chi connectivity index (χ4n) is 1.95. The van der Waals surface area contributed by atoms with Crippen molar-refractivity contribution in [2.24, 2.45) is 5.41 Å². The standard InChI is InChI=1S/C18H19BrN2O3/c1-18(2,16(22)20-13-10-8-12(19)9-11-13)17(23)21-14-6-4-5-7-15(14)24-3/h4-11H,1-3H3,(H,20,22)(H,21,23). The van der Waals surface area contributed by atoms with Gasteiger partial charge in [0.2, 0.25) is 11.8 Å². The molecule has 0 saturated heterocycles. The van der Waals surface area contributed by atoms with Gasteiger partial charge in [-0.2, -0.15) is 0 Å². The van der Waals surface area contributed by atoms with Crippen LogP contribution in [0.2, 0.25) is 0 Å². The maximum atomic E-state index is 12.6. The summed E-state index contributed by atoms with van der Waals surface area (Å²) in [7, 11) is 1.52. The number of hydrogen-bond acceptors (Lipinski definition) is 3. The average Bonchev–Trinajstić information content (AvgIpc) is 2.57. The lowest BCUT2D eigenvalue weighted by Gasteiger charge is -2.23. The van der Waals surface area contributed by atoms with Crippen LogP contribution in [0.1, 0.15) is 13.8 Å². The summed E-state index contributed by atoms with van der Waals surface area (Å²) in [5, 5.41) is 5.50. The quantitative estimate of drug-likeness (QED) is 0.756. The Morgan fingerprint density at radius 3 is 2.17 bits per heavy atom. The molecule has 5 nitrogen and oxygen atoms in total. The minimum Gasteiger partial charge on any atom is -0.495 e. The minimum absolute atomic E-state index is 0.391. The number of rotatable bonds is 5. The molecule has 24 heavy (non-hydrogen) atoms. The Kier molecular flexibility index (Phi) is 5.62. The molecule has 0 spiro atoms. The zero-order valence-corrected chi connectivity index (χ0v) is 15.3. The first kappa shape index (κ1) is 18.0. The Labute approximate surface area is 149 Å². The van der Waals surface area contributed by atoms with Crippen molar-refractivity contribution in [2.45, 2.75) is 13.8 Å². The summed E-state index contributed by atoms with van der Waals surface area (Å²) in [5.74, 6) is -0.270. The fourth-order valence-corrected chi connectivity index (χ4v) is 2.21. The van der Waals surface area contributed by atoms with Crippen LogP contribution in [0.15, 0.2) is 53.0 Å². The van der Waals surface area contributed by atoms with Crippen LogP contribution in [-0.2, 0) is 9.59 Å². The maximum absolute atomic E-state index is 12.6. The van der Waals surface area contributed by atoms with Crippen molar-refractivity contribution in [1.29, 1.82) is 0 Å². The third-order valence-electron chi connectivity index (χ3n) is 3.59. The molecule has 2 aromatic rings. The van der Waals surface area contributed by atoms with E-state index in [-0.39, 0.29) is 0 Å². The van der Waals surface area contributed by atoms with E-state index in [9.17, 15) is 9.59 Å². The lowest BCUT2D eigenvalue weighted by Crippen LogP contribution is -2.41. The number of halogens is 1. The second-order valence-electron chi connectivity index (χ2n) is 5.74. The number of nitrogens with one attached hydrogen (secondary N) is 2. The van der Waals surface area contributed by atoms with Gasteiger partial charge in [0.15, 0.2) is 0 Å². The number of carbonyl (C=O) groups excluding carboxylic acids is 2. The van der Waals surface area contributed by atoms with E-state index < -0.39 is 17.2 Å². The molecule has 2 amide bonds. The molecule has 0 aliphatic carbocycles. The second-order valence-corrected chi connectivity index (χ2v) is 6.66. The Morgan fingerprint density at radius 1 is 0.958 bits per heavy atom. The van der Waals surface area contributed by atoms with E-state index in [0.717, 1.165) is 4.47 Å². The molecule has 126 valence electrons. The van der Waals surface area contributed by atoms with E-state index in [1.807, 2.05) is 12.1 Å². The number of hydrogen-bond donors (Lipinski definition) is 2. The number of ether oxygens (including phenoxy) is 1. The fraction of sp³-hybridized carbons (Fsp3) is 0.222. The lowest BCUT2D eigenvalue weighted by molar-refractivity contribution is -0.135. The molecule has 0 radical (unpaired) electrons. The van der Waals surface area contributed by atoms with Crippen LogP contribution < -0.4 is 15.4 Å². The first-order valence-electron chi connectivity index (χ1n) is 7.36. The molecule has 0 bridgehead atoms. The monoisotopic (exact) mass is 390 g/mol. The van der Waals surface area contributed by atoms with Gasteiger partial charge >= 0.3 is 0 Å². The largest absolute Gasteiger partial charge is 0.495 e. The summed E-state index contributed by atoms with van der Waals surface area (Å²) in [6, 6.07) is 14.2. The van der Waals surface area contributed by atoms with Crippen LogP contribution in [0.3, 0.4) is 0 Å². The van der Waals surface area contributed by atoms with Crippen molar-refractivity contribution in [2.75, 3.05) is 17.7 Å². The Hall–Kier alpha value is -2.34. The van der Waals surface area contributed by atoms with E-state index >= 15 is 0 Å². The van der Waals surface area contributed by atoms with Gasteiger partial charge in [-0.1, -0.05) is 28.1 Å². The van der Waals surface area contributed by atoms with Gasteiger partial charge in [0.25, 0.3) is 0 Å². The van der Waals surface area contributed by atoms with E-state index in [1.165, 1.54) is 7.11 Å². The molecule has 0 aliphatic rings. The molecule has 0 saturated carbocycles. The van der Waals surface area contributed by atoms with Crippen LogP contribution in [0, 0.1) is 5.41 Å². The van der Waals surface area contributed by atoms with E-state index in [0.29, 0.717) is 17.1 Å². The van der Waals surface area contributed by atoms with Crippen molar-refractivity contribution in [3.8, 4) is 5.75 Å². The molecule has 0 heterocycles. The summed E-state index contributed by atoms with van der Waals surface area (Å²) in [6.07, 6.45) is 0. The number of anilines is 2. The topological polar surface area (TPSA) is 67.4 Å². The van der Waals surface area contributed by atoms with Crippen molar-refractivity contribution >= 4 is 39.1 Å². The van der Waals surface area contributed by atoms with Crippen LogP contribution in [-0.4, -0.2) is 18.9 Å². The van der Waals surface area contributed by atoms with Gasteiger partial charge in [0.1, 0.15) is 11.2 Å². The molecule has 2 N–H and O–H groups in total. The summed E-state index contributed by atoms with van der Waals surface area (Å²) in [5.41, 5.74) is -0.107.